The molecular formula is C21H15ClF3NO7. The van der Waals surface area contributed by atoms with Gasteiger partial charge >= 0.3 is 18.1 Å². The molecule has 8 nitrogen and oxygen atoms in total. The van der Waals surface area contributed by atoms with Crippen molar-refractivity contribution in [2.24, 2.45) is 0 Å². The van der Waals surface area contributed by atoms with Gasteiger partial charge in [0.2, 0.25) is 0 Å². The number of esters is 2. The predicted molar refractivity (Wildman–Crippen MR) is 110 cm³/mol. The molecule has 174 valence electrons. The molecule has 0 bridgehead atoms. The standard InChI is InChI=1S/C21H15ClF3NO7/c1-2-9-31-19(27)4-3-10-32-20(28)15-12-14(6-7-17(15)26(29)30)33-18-8-5-13(11-16(18)22)21(23,24)25/h2-8,11-12H,1,9-10H2/b4-3+. The highest BCUT2D eigenvalue weighted by Gasteiger charge is 2.31. The van der Waals surface area contributed by atoms with Gasteiger partial charge in [-0.1, -0.05) is 24.3 Å². The molecule has 12 heteroatoms. The Balaban J connectivity index is 2.18. The maximum absolute atomic E-state index is 12.8. The van der Waals surface area contributed by atoms with Crippen molar-refractivity contribution in [1.82, 2.24) is 0 Å². The Morgan fingerprint density at radius 1 is 1.12 bits per heavy atom. The first-order chi connectivity index (χ1) is 15.5. The number of ether oxygens (including phenoxy) is 3. The summed E-state index contributed by atoms with van der Waals surface area (Å²) in [6, 6.07) is 5.46. The predicted octanol–water partition coefficient (Wildman–Crippen LogP) is 5.50. The summed E-state index contributed by atoms with van der Waals surface area (Å²) in [7, 11) is 0. The quantitative estimate of drug-likeness (QED) is 0.152. The molecule has 2 aromatic carbocycles. The number of halogens is 4. The number of alkyl halides is 3. The lowest BCUT2D eigenvalue weighted by molar-refractivity contribution is -0.385. The van der Waals surface area contributed by atoms with E-state index in [4.69, 9.17) is 21.1 Å². The van der Waals surface area contributed by atoms with Crippen molar-refractivity contribution < 1.29 is 41.9 Å². The third kappa shape index (κ3) is 7.35. The average molecular weight is 486 g/mol. The highest BCUT2D eigenvalue weighted by atomic mass is 35.5. The van der Waals surface area contributed by atoms with Crippen molar-refractivity contribution in [3.63, 3.8) is 0 Å². The van der Waals surface area contributed by atoms with Gasteiger partial charge in [-0.05, 0) is 30.3 Å². The van der Waals surface area contributed by atoms with Gasteiger partial charge in [0.15, 0.2) is 0 Å². The van der Waals surface area contributed by atoms with E-state index in [1.165, 1.54) is 6.08 Å². The van der Waals surface area contributed by atoms with E-state index in [-0.39, 0.29) is 23.1 Å². The summed E-state index contributed by atoms with van der Waals surface area (Å²) >= 11 is 5.84. The van der Waals surface area contributed by atoms with Crippen molar-refractivity contribution >= 4 is 29.2 Å². The molecule has 0 saturated carbocycles. The molecule has 0 amide bonds. The normalized spacial score (nSPS) is 11.2. The van der Waals surface area contributed by atoms with E-state index in [9.17, 15) is 32.9 Å². The zero-order valence-electron chi connectivity index (χ0n) is 16.6. The molecule has 0 aromatic heterocycles. The minimum atomic E-state index is -4.61. The van der Waals surface area contributed by atoms with Crippen LogP contribution in [0.3, 0.4) is 0 Å². The fraction of sp³-hybridized carbons (Fsp3) is 0.143. The highest BCUT2D eigenvalue weighted by molar-refractivity contribution is 6.32. The topological polar surface area (TPSA) is 105 Å². The molecule has 0 unspecified atom stereocenters. The van der Waals surface area contributed by atoms with Crippen molar-refractivity contribution in [3.05, 3.63) is 87.5 Å². The molecule has 0 aliphatic carbocycles. The molecule has 0 aliphatic heterocycles. The zero-order valence-corrected chi connectivity index (χ0v) is 17.4. The minimum Gasteiger partial charge on any atom is -0.458 e. The van der Waals surface area contributed by atoms with E-state index < -0.39 is 46.5 Å². The lowest BCUT2D eigenvalue weighted by Gasteiger charge is -2.12. The fourth-order valence-corrected chi connectivity index (χ4v) is 2.54. The van der Waals surface area contributed by atoms with Crippen LogP contribution in [-0.4, -0.2) is 30.1 Å². The van der Waals surface area contributed by atoms with Crippen LogP contribution < -0.4 is 4.74 Å². The summed E-state index contributed by atoms with van der Waals surface area (Å²) in [5, 5.41) is 10.9. The molecule has 2 aromatic rings. The van der Waals surface area contributed by atoms with Crippen LogP contribution in [0.15, 0.2) is 61.2 Å². The Bertz CT molecular complexity index is 1100. The lowest BCUT2D eigenvalue weighted by atomic mass is 10.1. The molecule has 0 atom stereocenters. The van der Waals surface area contributed by atoms with E-state index in [2.05, 4.69) is 11.3 Å². The third-order valence-corrected chi connectivity index (χ3v) is 4.08. The van der Waals surface area contributed by atoms with Crippen LogP contribution in [-0.2, 0) is 20.4 Å². The van der Waals surface area contributed by atoms with Gasteiger partial charge in [-0.15, -0.1) is 0 Å². The second kappa shape index (κ2) is 11.1. The fourth-order valence-electron chi connectivity index (χ4n) is 2.32. The molecular weight excluding hydrogens is 471 g/mol. The molecule has 0 saturated heterocycles. The van der Waals surface area contributed by atoms with Crippen LogP contribution in [0.5, 0.6) is 11.5 Å². The number of carbonyl (C=O) groups excluding carboxylic acids is 2. The number of hydrogen-bond donors (Lipinski definition) is 0. The summed E-state index contributed by atoms with van der Waals surface area (Å²) in [5.41, 5.74) is -2.07. The van der Waals surface area contributed by atoms with E-state index in [0.717, 1.165) is 42.5 Å². The van der Waals surface area contributed by atoms with Crippen LogP contribution in [0.4, 0.5) is 18.9 Å². The van der Waals surface area contributed by atoms with Gasteiger partial charge in [-0.25, -0.2) is 9.59 Å². The van der Waals surface area contributed by atoms with Crippen molar-refractivity contribution in [2.45, 2.75) is 6.18 Å². The number of nitrogens with zero attached hydrogens (tertiary/aromatic N) is 1. The Hall–Kier alpha value is -3.86. The molecule has 0 heterocycles. The van der Waals surface area contributed by atoms with Crippen molar-refractivity contribution in [1.29, 1.82) is 0 Å². The van der Waals surface area contributed by atoms with Crippen molar-refractivity contribution in [3.8, 4) is 11.5 Å². The SMILES string of the molecule is C=CCOC(=O)/C=C/COC(=O)c1cc(Oc2ccc(C(F)(F)F)cc2Cl)ccc1[N+](=O)[O-]. The summed E-state index contributed by atoms with van der Waals surface area (Å²) in [5.74, 6) is -2.09. The average Bonchev–Trinajstić information content (AvgIpc) is 2.75. The molecule has 0 N–H and O–H groups in total. The van der Waals surface area contributed by atoms with E-state index in [1.54, 1.807) is 0 Å². The maximum Gasteiger partial charge on any atom is 0.416 e. The molecule has 2 rings (SSSR count). The number of nitro groups is 1. The van der Waals surface area contributed by atoms with Crippen LogP contribution >= 0.6 is 11.6 Å². The molecule has 0 fully saturated rings. The Morgan fingerprint density at radius 2 is 1.85 bits per heavy atom. The number of carbonyl (C=O) groups is 2. The zero-order chi connectivity index (χ0) is 24.6. The van der Waals surface area contributed by atoms with Crippen LogP contribution in [0, 0.1) is 10.1 Å². The highest BCUT2D eigenvalue weighted by Crippen LogP contribution is 2.37. The van der Waals surface area contributed by atoms with Crippen LogP contribution in [0.2, 0.25) is 5.02 Å². The number of nitro benzene ring substituents is 1. The summed E-state index contributed by atoms with van der Waals surface area (Å²) in [4.78, 5) is 34.0. The molecule has 0 spiro atoms. The first kappa shape index (κ1) is 25.4. The number of rotatable bonds is 9. The van der Waals surface area contributed by atoms with Gasteiger partial charge in [0, 0.05) is 18.2 Å². The third-order valence-electron chi connectivity index (χ3n) is 3.78. The summed E-state index contributed by atoms with van der Waals surface area (Å²) < 4.78 is 53.3. The number of benzene rings is 2. The Morgan fingerprint density at radius 3 is 2.45 bits per heavy atom. The second-order valence-electron chi connectivity index (χ2n) is 6.10. The van der Waals surface area contributed by atoms with Crippen LogP contribution in [0.25, 0.3) is 0 Å². The van der Waals surface area contributed by atoms with E-state index in [1.807, 2.05) is 0 Å². The van der Waals surface area contributed by atoms with Gasteiger partial charge in [-0.2, -0.15) is 13.2 Å². The minimum absolute atomic E-state index is 0.00903. The monoisotopic (exact) mass is 485 g/mol. The van der Waals surface area contributed by atoms with E-state index in [0.29, 0.717) is 6.07 Å². The first-order valence-corrected chi connectivity index (χ1v) is 9.35. The molecule has 33 heavy (non-hydrogen) atoms. The van der Waals surface area contributed by atoms with E-state index >= 15 is 0 Å². The van der Waals surface area contributed by atoms with Gasteiger partial charge in [0.1, 0.15) is 30.3 Å². The molecule has 0 radical (unpaired) electrons. The Kier molecular flexibility index (Phi) is 8.57. The lowest BCUT2D eigenvalue weighted by Crippen LogP contribution is -2.09. The summed E-state index contributed by atoms with van der Waals surface area (Å²) in [6.45, 7) is 2.97. The molecule has 0 aliphatic rings. The Labute approximate surface area is 190 Å². The number of hydrogen-bond acceptors (Lipinski definition) is 7. The van der Waals surface area contributed by atoms with Crippen LogP contribution in [0.1, 0.15) is 15.9 Å². The summed E-state index contributed by atoms with van der Waals surface area (Å²) in [6.07, 6.45) is -1.09. The second-order valence-corrected chi connectivity index (χ2v) is 6.51. The van der Waals surface area contributed by atoms with Gasteiger partial charge in [0.25, 0.3) is 5.69 Å². The first-order valence-electron chi connectivity index (χ1n) is 8.97. The van der Waals surface area contributed by atoms with Gasteiger partial charge in [-0.3, -0.25) is 10.1 Å². The largest absolute Gasteiger partial charge is 0.458 e. The van der Waals surface area contributed by atoms with Gasteiger partial charge < -0.3 is 14.2 Å². The van der Waals surface area contributed by atoms with Gasteiger partial charge in [0.05, 0.1) is 15.5 Å². The smallest absolute Gasteiger partial charge is 0.416 e. The maximum atomic E-state index is 12.8. The van der Waals surface area contributed by atoms with Crippen molar-refractivity contribution in [2.75, 3.05) is 13.2 Å².